The standard InChI is InChI=1S/C12H19N3O3/c1-4-12(2,6-8-16)15-9-5-7-13-10(14-9)11(17)18-3/h5,7,16H,4,6,8H2,1-3H3,(H,13,14,15). The average molecular weight is 253 g/mol. The first-order chi connectivity index (χ1) is 8.54. The van der Waals surface area contributed by atoms with Crippen LogP contribution >= 0.6 is 0 Å². The number of ether oxygens (including phenoxy) is 1. The first-order valence-electron chi connectivity index (χ1n) is 5.85. The van der Waals surface area contributed by atoms with E-state index in [4.69, 9.17) is 5.11 Å². The van der Waals surface area contributed by atoms with Crippen molar-refractivity contribution >= 4 is 11.8 Å². The second-order valence-corrected chi connectivity index (χ2v) is 4.27. The highest BCUT2D eigenvalue weighted by molar-refractivity contribution is 5.85. The fraction of sp³-hybridized carbons (Fsp3) is 0.583. The number of nitrogens with one attached hydrogen (secondary N) is 1. The van der Waals surface area contributed by atoms with Crippen molar-refractivity contribution in [1.82, 2.24) is 9.97 Å². The van der Waals surface area contributed by atoms with Crippen molar-refractivity contribution in [2.24, 2.45) is 0 Å². The highest BCUT2D eigenvalue weighted by Gasteiger charge is 2.22. The molecule has 0 saturated heterocycles. The molecule has 18 heavy (non-hydrogen) atoms. The quantitative estimate of drug-likeness (QED) is 0.742. The zero-order valence-corrected chi connectivity index (χ0v) is 10.9. The Morgan fingerprint density at radius 2 is 2.33 bits per heavy atom. The lowest BCUT2D eigenvalue weighted by Gasteiger charge is -2.29. The molecule has 0 amide bonds. The van der Waals surface area contributed by atoms with Gasteiger partial charge in [-0.3, -0.25) is 0 Å². The van der Waals surface area contributed by atoms with E-state index < -0.39 is 5.97 Å². The number of rotatable bonds is 6. The smallest absolute Gasteiger partial charge is 0.376 e. The van der Waals surface area contributed by atoms with E-state index >= 15 is 0 Å². The Balaban J connectivity index is 2.87. The summed E-state index contributed by atoms with van der Waals surface area (Å²) in [5.74, 6) is -0.00726. The molecule has 1 atom stereocenters. The van der Waals surface area contributed by atoms with Gasteiger partial charge >= 0.3 is 5.97 Å². The molecule has 0 aromatic carbocycles. The van der Waals surface area contributed by atoms with Crippen LogP contribution in [0.4, 0.5) is 5.82 Å². The highest BCUT2D eigenvalue weighted by atomic mass is 16.5. The van der Waals surface area contributed by atoms with Gasteiger partial charge in [0, 0.05) is 18.3 Å². The Morgan fingerprint density at radius 1 is 1.61 bits per heavy atom. The SMILES string of the molecule is CCC(C)(CCO)Nc1ccnc(C(=O)OC)n1. The minimum Gasteiger partial charge on any atom is -0.463 e. The lowest BCUT2D eigenvalue weighted by atomic mass is 9.95. The molecule has 0 aliphatic heterocycles. The minimum atomic E-state index is -0.570. The molecule has 0 bridgehead atoms. The van der Waals surface area contributed by atoms with Crippen LogP contribution < -0.4 is 5.32 Å². The van der Waals surface area contributed by atoms with Crippen molar-refractivity contribution in [3.63, 3.8) is 0 Å². The number of hydrogen-bond acceptors (Lipinski definition) is 6. The fourth-order valence-corrected chi connectivity index (χ4v) is 1.50. The largest absolute Gasteiger partial charge is 0.463 e. The number of esters is 1. The maximum atomic E-state index is 11.3. The highest BCUT2D eigenvalue weighted by Crippen LogP contribution is 2.20. The van der Waals surface area contributed by atoms with Gasteiger partial charge in [0.2, 0.25) is 5.82 Å². The number of methoxy groups -OCH3 is 1. The van der Waals surface area contributed by atoms with Crippen LogP contribution in [0.15, 0.2) is 12.3 Å². The number of anilines is 1. The Hall–Kier alpha value is -1.69. The number of hydrogen-bond donors (Lipinski definition) is 2. The fourth-order valence-electron chi connectivity index (χ4n) is 1.50. The maximum absolute atomic E-state index is 11.3. The van der Waals surface area contributed by atoms with Crippen LogP contribution in [-0.4, -0.2) is 40.3 Å². The minimum absolute atomic E-state index is 0.0185. The number of carbonyl (C=O) groups is 1. The van der Waals surface area contributed by atoms with E-state index in [2.05, 4.69) is 20.0 Å². The zero-order valence-electron chi connectivity index (χ0n) is 10.9. The molecule has 0 aliphatic rings. The molecule has 2 N–H and O–H groups in total. The molecule has 0 radical (unpaired) electrons. The number of aromatic nitrogens is 2. The molecular weight excluding hydrogens is 234 g/mol. The van der Waals surface area contributed by atoms with Crippen LogP contribution in [0.5, 0.6) is 0 Å². The lowest BCUT2D eigenvalue weighted by Crippen LogP contribution is -2.35. The predicted molar refractivity (Wildman–Crippen MR) is 67.4 cm³/mol. The van der Waals surface area contributed by atoms with Crippen molar-refractivity contribution < 1.29 is 14.6 Å². The third-order valence-corrected chi connectivity index (χ3v) is 2.90. The van der Waals surface area contributed by atoms with Crippen LogP contribution in [0.25, 0.3) is 0 Å². The molecular formula is C12H19N3O3. The van der Waals surface area contributed by atoms with E-state index in [0.29, 0.717) is 12.2 Å². The molecule has 1 aromatic heterocycles. The Kier molecular flexibility index (Phi) is 5.03. The van der Waals surface area contributed by atoms with Crippen LogP contribution in [0.3, 0.4) is 0 Å². The van der Waals surface area contributed by atoms with Crippen LogP contribution in [0, 0.1) is 0 Å². The van der Waals surface area contributed by atoms with Gasteiger partial charge in [0.25, 0.3) is 0 Å². The van der Waals surface area contributed by atoms with Crippen LogP contribution in [-0.2, 0) is 4.74 Å². The van der Waals surface area contributed by atoms with Crippen molar-refractivity contribution in [2.45, 2.75) is 32.2 Å². The normalized spacial score (nSPS) is 13.8. The van der Waals surface area contributed by atoms with E-state index in [1.54, 1.807) is 6.07 Å². The molecule has 100 valence electrons. The van der Waals surface area contributed by atoms with E-state index in [1.165, 1.54) is 13.3 Å². The molecule has 1 rings (SSSR count). The lowest BCUT2D eigenvalue weighted by molar-refractivity contribution is 0.0586. The van der Waals surface area contributed by atoms with E-state index in [9.17, 15) is 4.79 Å². The van der Waals surface area contributed by atoms with Crippen LogP contribution in [0.2, 0.25) is 0 Å². The maximum Gasteiger partial charge on any atom is 0.376 e. The second-order valence-electron chi connectivity index (χ2n) is 4.27. The number of carbonyl (C=O) groups excluding carboxylic acids is 1. The van der Waals surface area contributed by atoms with Gasteiger partial charge in [0.15, 0.2) is 0 Å². The van der Waals surface area contributed by atoms with E-state index in [0.717, 1.165) is 6.42 Å². The Bertz CT molecular complexity index is 411. The van der Waals surface area contributed by atoms with E-state index in [1.807, 2.05) is 13.8 Å². The van der Waals surface area contributed by atoms with Gasteiger partial charge < -0.3 is 15.2 Å². The molecule has 1 unspecified atom stereocenters. The van der Waals surface area contributed by atoms with Crippen molar-refractivity contribution in [3.05, 3.63) is 18.1 Å². The summed E-state index contributed by atoms with van der Waals surface area (Å²) >= 11 is 0. The van der Waals surface area contributed by atoms with Gasteiger partial charge in [0.05, 0.1) is 7.11 Å². The average Bonchev–Trinajstić information content (AvgIpc) is 2.38. The number of aliphatic hydroxyl groups excluding tert-OH is 1. The predicted octanol–water partition coefficient (Wildman–Crippen LogP) is 1.23. The summed E-state index contributed by atoms with van der Waals surface area (Å²) in [7, 11) is 1.29. The van der Waals surface area contributed by atoms with E-state index in [-0.39, 0.29) is 18.0 Å². The Morgan fingerprint density at radius 3 is 2.89 bits per heavy atom. The van der Waals surface area contributed by atoms with Gasteiger partial charge in [-0.05, 0) is 25.8 Å². The van der Waals surface area contributed by atoms with Crippen molar-refractivity contribution in [1.29, 1.82) is 0 Å². The van der Waals surface area contributed by atoms with Gasteiger partial charge in [-0.2, -0.15) is 0 Å². The van der Waals surface area contributed by atoms with Crippen molar-refractivity contribution in [2.75, 3.05) is 19.0 Å². The summed E-state index contributed by atoms with van der Waals surface area (Å²) in [5, 5.41) is 12.3. The van der Waals surface area contributed by atoms with Gasteiger partial charge in [-0.25, -0.2) is 14.8 Å². The summed E-state index contributed by atoms with van der Waals surface area (Å²) in [4.78, 5) is 19.2. The Labute approximate surface area is 106 Å². The second kappa shape index (κ2) is 6.30. The summed E-state index contributed by atoms with van der Waals surface area (Å²) in [6.07, 6.45) is 2.92. The summed E-state index contributed by atoms with van der Waals surface area (Å²) in [5.41, 5.74) is -0.267. The topological polar surface area (TPSA) is 84.3 Å². The van der Waals surface area contributed by atoms with Gasteiger partial charge in [-0.15, -0.1) is 0 Å². The summed E-state index contributed by atoms with van der Waals surface area (Å²) in [6.45, 7) is 4.10. The van der Waals surface area contributed by atoms with Crippen LogP contribution in [0.1, 0.15) is 37.3 Å². The van der Waals surface area contributed by atoms with Gasteiger partial charge in [-0.1, -0.05) is 6.92 Å². The number of aliphatic hydroxyl groups is 1. The summed E-state index contributed by atoms with van der Waals surface area (Å²) < 4.78 is 4.56. The first-order valence-corrected chi connectivity index (χ1v) is 5.85. The third kappa shape index (κ3) is 3.66. The molecule has 0 fully saturated rings. The summed E-state index contributed by atoms with van der Waals surface area (Å²) in [6, 6.07) is 1.68. The van der Waals surface area contributed by atoms with Crippen molar-refractivity contribution in [3.8, 4) is 0 Å². The molecule has 6 nitrogen and oxygen atoms in total. The first kappa shape index (κ1) is 14.4. The molecule has 1 aromatic rings. The third-order valence-electron chi connectivity index (χ3n) is 2.90. The van der Waals surface area contributed by atoms with Gasteiger partial charge in [0.1, 0.15) is 5.82 Å². The zero-order chi connectivity index (χ0) is 13.6. The number of nitrogens with zero attached hydrogens (tertiary/aromatic N) is 2. The molecule has 0 saturated carbocycles. The molecule has 0 spiro atoms. The molecule has 1 heterocycles. The molecule has 6 heteroatoms. The molecule has 0 aliphatic carbocycles. The monoisotopic (exact) mass is 253 g/mol.